The highest BCUT2D eigenvalue weighted by Crippen LogP contribution is 2.25. The Hall–Kier alpha value is -3.19. The molecule has 6 nitrogen and oxygen atoms in total. The molecule has 0 saturated carbocycles. The average molecular weight is 393 g/mol. The van der Waals surface area contributed by atoms with Crippen molar-refractivity contribution >= 4 is 28.5 Å². The van der Waals surface area contributed by atoms with Crippen LogP contribution in [0.4, 0.5) is 9.93 Å². The topological polar surface area (TPSA) is 71.5 Å². The molecule has 0 saturated heterocycles. The van der Waals surface area contributed by atoms with E-state index in [2.05, 4.69) is 10.3 Å². The van der Waals surface area contributed by atoms with Crippen LogP contribution in [0.5, 0.6) is 0 Å². The zero-order chi connectivity index (χ0) is 19.3. The minimum absolute atomic E-state index is 0.165. The predicted molar refractivity (Wildman–Crippen MR) is 107 cm³/mol. The number of hydrogen-bond donors (Lipinski definition) is 1. The summed E-state index contributed by atoms with van der Waals surface area (Å²) in [6, 6.07) is 16.7. The third-order valence-electron chi connectivity index (χ3n) is 4.65. The van der Waals surface area contributed by atoms with Crippen LogP contribution >= 0.6 is 11.3 Å². The van der Waals surface area contributed by atoms with E-state index in [1.54, 1.807) is 11.6 Å². The fourth-order valence-corrected chi connectivity index (χ4v) is 3.76. The lowest BCUT2D eigenvalue weighted by Gasteiger charge is -2.35. The molecule has 1 aliphatic heterocycles. The zero-order valence-corrected chi connectivity index (χ0v) is 15.9. The Bertz CT molecular complexity index is 960. The maximum Gasteiger partial charge on any atom is 0.411 e. The Morgan fingerprint density at radius 3 is 2.61 bits per heavy atom. The van der Waals surface area contributed by atoms with Gasteiger partial charge in [-0.05, 0) is 16.7 Å². The zero-order valence-electron chi connectivity index (χ0n) is 15.1. The van der Waals surface area contributed by atoms with Gasteiger partial charge in [0.25, 0.3) is 0 Å². The van der Waals surface area contributed by atoms with E-state index in [1.807, 2.05) is 54.6 Å². The molecule has 28 heavy (non-hydrogen) atoms. The molecule has 1 N–H and O–H groups in total. The summed E-state index contributed by atoms with van der Waals surface area (Å²) in [5.74, 6) is -0.263. The van der Waals surface area contributed by atoms with Crippen LogP contribution in [0.15, 0.2) is 66.2 Å². The number of carbonyl (C=O) groups is 2. The van der Waals surface area contributed by atoms with Gasteiger partial charge in [-0.25, -0.2) is 9.78 Å². The molecule has 3 aromatic rings. The number of hydrogen-bond acceptors (Lipinski definition) is 5. The molecular formula is C21H19N3O3S. The van der Waals surface area contributed by atoms with E-state index in [0.29, 0.717) is 18.1 Å². The Labute approximate surface area is 166 Å². The standard InChI is InChI=1S/C21H19N3O3S/c25-19(23-20-22-10-11-28-20)18-12-16-8-4-5-9-17(16)13-24(18)21(26)27-14-15-6-2-1-3-7-15/h1-11,18H,12-14H2,(H,22,23,25)/t18-/m0/s1. The van der Waals surface area contributed by atoms with Crippen LogP contribution in [0.3, 0.4) is 0 Å². The molecule has 0 aliphatic carbocycles. The molecule has 1 aromatic heterocycles. The van der Waals surface area contributed by atoms with E-state index in [0.717, 1.165) is 16.7 Å². The Kier molecular flexibility index (Phi) is 5.34. The van der Waals surface area contributed by atoms with Crippen LogP contribution in [-0.2, 0) is 29.1 Å². The van der Waals surface area contributed by atoms with E-state index in [9.17, 15) is 9.59 Å². The van der Waals surface area contributed by atoms with Gasteiger partial charge in [0.15, 0.2) is 5.13 Å². The van der Waals surface area contributed by atoms with Gasteiger partial charge in [0.05, 0.1) is 6.54 Å². The lowest BCUT2D eigenvalue weighted by molar-refractivity contribution is -0.121. The largest absolute Gasteiger partial charge is 0.445 e. The maximum atomic E-state index is 12.9. The summed E-state index contributed by atoms with van der Waals surface area (Å²) < 4.78 is 5.49. The molecule has 2 aromatic carbocycles. The number of aromatic nitrogens is 1. The maximum absolute atomic E-state index is 12.9. The quantitative estimate of drug-likeness (QED) is 0.731. The number of ether oxygens (including phenoxy) is 1. The van der Waals surface area contributed by atoms with Crippen molar-refractivity contribution < 1.29 is 14.3 Å². The molecular weight excluding hydrogens is 374 g/mol. The van der Waals surface area contributed by atoms with E-state index >= 15 is 0 Å². The summed E-state index contributed by atoms with van der Waals surface area (Å²) in [5.41, 5.74) is 2.99. The minimum atomic E-state index is -0.651. The summed E-state index contributed by atoms with van der Waals surface area (Å²) in [4.78, 5) is 31.3. The first-order valence-corrected chi connectivity index (χ1v) is 9.83. The molecule has 0 fully saturated rings. The average Bonchev–Trinajstić information content (AvgIpc) is 3.24. The summed E-state index contributed by atoms with van der Waals surface area (Å²) in [5, 5.41) is 5.10. The lowest BCUT2D eigenvalue weighted by Crippen LogP contribution is -2.50. The molecule has 0 unspecified atom stereocenters. The van der Waals surface area contributed by atoms with E-state index in [4.69, 9.17) is 4.74 Å². The van der Waals surface area contributed by atoms with E-state index < -0.39 is 12.1 Å². The second kappa shape index (κ2) is 8.22. The van der Waals surface area contributed by atoms with Gasteiger partial charge >= 0.3 is 6.09 Å². The first kappa shape index (κ1) is 18.2. The normalized spacial score (nSPS) is 15.6. The third kappa shape index (κ3) is 4.04. The van der Waals surface area contributed by atoms with Crippen LogP contribution in [0, 0.1) is 0 Å². The highest BCUT2D eigenvalue weighted by Gasteiger charge is 2.35. The first-order valence-electron chi connectivity index (χ1n) is 8.95. The highest BCUT2D eigenvalue weighted by molar-refractivity contribution is 7.13. The number of thiazole rings is 1. The van der Waals surface area contributed by atoms with Gasteiger partial charge in [0.2, 0.25) is 5.91 Å². The van der Waals surface area contributed by atoms with Gasteiger partial charge in [0.1, 0.15) is 12.6 Å². The number of nitrogens with one attached hydrogen (secondary N) is 1. The van der Waals surface area contributed by atoms with Crippen LogP contribution in [0.25, 0.3) is 0 Å². The third-order valence-corrected chi connectivity index (χ3v) is 5.34. The van der Waals surface area contributed by atoms with E-state index in [1.165, 1.54) is 16.2 Å². The van der Waals surface area contributed by atoms with Crippen molar-refractivity contribution in [3.8, 4) is 0 Å². The van der Waals surface area contributed by atoms with Gasteiger partial charge < -0.3 is 10.1 Å². The van der Waals surface area contributed by atoms with Crippen molar-refractivity contribution in [2.45, 2.75) is 25.6 Å². The van der Waals surface area contributed by atoms with Crippen molar-refractivity contribution in [1.82, 2.24) is 9.88 Å². The Balaban J connectivity index is 1.52. The van der Waals surface area contributed by atoms with Gasteiger partial charge in [-0.2, -0.15) is 0 Å². The fourth-order valence-electron chi connectivity index (χ4n) is 3.23. The fraction of sp³-hybridized carbons (Fsp3) is 0.190. The van der Waals surface area contributed by atoms with Crippen molar-refractivity contribution in [2.24, 2.45) is 0 Å². The number of amides is 2. The van der Waals surface area contributed by atoms with Crippen molar-refractivity contribution in [3.05, 3.63) is 82.9 Å². The lowest BCUT2D eigenvalue weighted by atomic mass is 9.94. The van der Waals surface area contributed by atoms with Crippen molar-refractivity contribution in [1.29, 1.82) is 0 Å². The second-order valence-corrected chi connectivity index (χ2v) is 7.38. The molecule has 7 heteroatoms. The SMILES string of the molecule is O=C(Nc1nccs1)[C@@H]1Cc2ccccc2CN1C(=O)OCc1ccccc1. The monoisotopic (exact) mass is 393 g/mol. The number of anilines is 1. The van der Waals surface area contributed by atoms with Crippen molar-refractivity contribution in [2.75, 3.05) is 5.32 Å². The number of carbonyl (C=O) groups excluding carboxylic acids is 2. The predicted octanol–water partition coefficient (Wildman–Crippen LogP) is 3.85. The number of nitrogens with zero attached hydrogens (tertiary/aromatic N) is 2. The van der Waals surface area contributed by atoms with Crippen LogP contribution in [0.2, 0.25) is 0 Å². The first-order chi connectivity index (χ1) is 13.7. The summed E-state index contributed by atoms with van der Waals surface area (Å²) >= 11 is 1.34. The summed E-state index contributed by atoms with van der Waals surface area (Å²) in [6.07, 6.45) is 1.56. The molecule has 1 aliphatic rings. The van der Waals surface area contributed by atoms with Gasteiger partial charge in [-0.15, -0.1) is 11.3 Å². The second-order valence-electron chi connectivity index (χ2n) is 6.48. The number of benzene rings is 2. The van der Waals surface area contributed by atoms with Crippen LogP contribution in [0.1, 0.15) is 16.7 Å². The molecule has 2 amide bonds. The summed E-state index contributed by atoms with van der Waals surface area (Å²) in [7, 11) is 0. The molecule has 0 radical (unpaired) electrons. The molecule has 1 atom stereocenters. The van der Waals surface area contributed by atoms with Crippen molar-refractivity contribution in [3.63, 3.8) is 0 Å². The molecule has 4 rings (SSSR count). The molecule has 0 bridgehead atoms. The van der Waals surface area contributed by atoms with Gasteiger partial charge in [0, 0.05) is 18.0 Å². The molecule has 0 spiro atoms. The number of fused-ring (bicyclic) bond motifs is 1. The van der Waals surface area contributed by atoms with Gasteiger partial charge in [-0.3, -0.25) is 9.69 Å². The Morgan fingerprint density at radius 2 is 1.86 bits per heavy atom. The molecule has 2 heterocycles. The van der Waals surface area contributed by atoms with Crippen LogP contribution in [-0.4, -0.2) is 27.9 Å². The van der Waals surface area contributed by atoms with Gasteiger partial charge in [-0.1, -0.05) is 54.6 Å². The summed E-state index contributed by atoms with van der Waals surface area (Å²) in [6.45, 7) is 0.498. The molecule has 142 valence electrons. The Morgan fingerprint density at radius 1 is 1.11 bits per heavy atom. The van der Waals surface area contributed by atoms with E-state index in [-0.39, 0.29) is 12.5 Å². The number of rotatable bonds is 4. The van der Waals surface area contributed by atoms with Crippen LogP contribution < -0.4 is 5.32 Å². The highest BCUT2D eigenvalue weighted by atomic mass is 32.1. The minimum Gasteiger partial charge on any atom is -0.445 e. The smallest absolute Gasteiger partial charge is 0.411 e.